The molecular weight excluding hydrogens is 230 g/mol. The fourth-order valence-electron chi connectivity index (χ4n) is 2.28. The van der Waals surface area contributed by atoms with Gasteiger partial charge in [-0.1, -0.05) is 6.07 Å². The van der Waals surface area contributed by atoms with E-state index < -0.39 is 0 Å². The Labute approximate surface area is 106 Å². The molecule has 0 amide bonds. The summed E-state index contributed by atoms with van der Waals surface area (Å²) in [5, 5.41) is 0. The molecule has 0 aliphatic carbocycles. The van der Waals surface area contributed by atoms with Crippen molar-refractivity contribution in [1.82, 2.24) is 0 Å². The molecule has 2 N–H and O–H groups in total. The van der Waals surface area contributed by atoms with E-state index in [1.54, 1.807) is 6.26 Å². The van der Waals surface area contributed by atoms with Gasteiger partial charge in [-0.3, -0.25) is 0 Å². The van der Waals surface area contributed by atoms with E-state index in [2.05, 4.69) is 0 Å². The molecule has 96 valence electrons. The van der Waals surface area contributed by atoms with Crippen LogP contribution in [-0.4, -0.2) is 19.8 Å². The van der Waals surface area contributed by atoms with Crippen molar-refractivity contribution < 1.29 is 14.2 Å². The van der Waals surface area contributed by atoms with Crippen LogP contribution < -0.4 is 15.2 Å². The van der Waals surface area contributed by atoms with E-state index >= 15 is 0 Å². The van der Waals surface area contributed by atoms with E-state index in [1.807, 2.05) is 18.2 Å². The molecule has 18 heavy (non-hydrogen) atoms. The van der Waals surface area contributed by atoms with Gasteiger partial charge in [-0.05, 0) is 36.1 Å². The van der Waals surface area contributed by atoms with Gasteiger partial charge in [-0.2, -0.15) is 0 Å². The highest BCUT2D eigenvalue weighted by Crippen LogP contribution is 2.34. The smallest absolute Gasteiger partial charge is 0.161 e. The quantitative estimate of drug-likeness (QED) is 0.870. The van der Waals surface area contributed by atoms with Crippen molar-refractivity contribution >= 4 is 0 Å². The van der Waals surface area contributed by atoms with Crippen LogP contribution in [0.1, 0.15) is 24.4 Å². The largest absolute Gasteiger partial charge is 0.501 e. The molecule has 0 spiro atoms. The Morgan fingerprint density at radius 1 is 1.06 bits per heavy atom. The number of hydrogen-bond donors (Lipinski definition) is 1. The zero-order valence-corrected chi connectivity index (χ0v) is 10.2. The average Bonchev–Trinajstić information content (AvgIpc) is 2.47. The molecule has 2 aliphatic rings. The van der Waals surface area contributed by atoms with E-state index in [4.69, 9.17) is 19.9 Å². The highest BCUT2D eigenvalue weighted by molar-refractivity contribution is 5.46. The Morgan fingerprint density at radius 2 is 1.89 bits per heavy atom. The first-order valence-electron chi connectivity index (χ1n) is 6.30. The molecular formula is C14H17NO3. The van der Waals surface area contributed by atoms with Gasteiger partial charge in [0.2, 0.25) is 0 Å². The van der Waals surface area contributed by atoms with Crippen LogP contribution in [0.2, 0.25) is 0 Å². The third-order valence-electron chi connectivity index (χ3n) is 3.29. The SMILES string of the molecule is NC(C1=COCCC1)c1ccc2c(c1)OCCO2. The number of rotatable bonds is 2. The number of nitrogens with two attached hydrogens (primary N) is 1. The van der Waals surface area contributed by atoms with Crippen LogP contribution >= 0.6 is 0 Å². The summed E-state index contributed by atoms with van der Waals surface area (Å²) in [6.45, 7) is 1.99. The Kier molecular flexibility index (Phi) is 3.11. The fourth-order valence-corrected chi connectivity index (χ4v) is 2.28. The van der Waals surface area contributed by atoms with Crippen LogP contribution in [0.3, 0.4) is 0 Å². The van der Waals surface area contributed by atoms with E-state index in [0.717, 1.165) is 42.1 Å². The maximum absolute atomic E-state index is 6.26. The minimum absolute atomic E-state index is 0.124. The van der Waals surface area contributed by atoms with E-state index in [9.17, 15) is 0 Å². The first kappa shape index (κ1) is 11.4. The van der Waals surface area contributed by atoms with Crippen LogP contribution in [0.25, 0.3) is 0 Å². The van der Waals surface area contributed by atoms with Crippen molar-refractivity contribution in [3.05, 3.63) is 35.6 Å². The molecule has 3 rings (SSSR count). The lowest BCUT2D eigenvalue weighted by Gasteiger charge is -2.23. The maximum Gasteiger partial charge on any atom is 0.161 e. The summed E-state index contributed by atoms with van der Waals surface area (Å²) in [4.78, 5) is 0. The fraction of sp³-hybridized carbons (Fsp3) is 0.429. The third-order valence-corrected chi connectivity index (χ3v) is 3.29. The number of hydrogen-bond acceptors (Lipinski definition) is 4. The normalized spacial score (nSPS) is 19.7. The van der Waals surface area contributed by atoms with E-state index in [-0.39, 0.29) is 6.04 Å². The van der Waals surface area contributed by atoms with Crippen LogP contribution in [0, 0.1) is 0 Å². The van der Waals surface area contributed by atoms with Gasteiger partial charge in [0.15, 0.2) is 11.5 Å². The number of fused-ring (bicyclic) bond motifs is 1. The lowest BCUT2D eigenvalue weighted by molar-refractivity contribution is 0.171. The summed E-state index contributed by atoms with van der Waals surface area (Å²) < 4.78 is 16.4. The van der Waals surface area contributed by atoms with Gasteiger partial charge in [0.25, 0.3) is 0 Å². The molecule has 4 heteroatoms. The first-order chi connectivity index (χ1) is 8.84. The van der Waals surface area contributed by atoms with Gasteiger partial charge < -0.3 is 19.9 Å². The van der Waals surface area contributed by atoms with Crippen molar-refractivity contribution in [2.75, 3.05) is 19.8 Å². The van der Waals surface area contributed by atoms with Crippen LogP contribution in [0.4, 0.5) is 0 Å². The second-order valence-electron chi connectivity index (χ2n) is 4.55. The Bertz CT molecular complexity index is 470. The van der Waals surface area contributed by atoms with Crippen LogP contribution in [0.5, 0.6) is 11.5 Å². The van der Waals surface area contributed by atoms with Crippen LogP contribution in [-0.2, 0) is 4.74 Å². The highest BCUT2D eigenvalue weighted by Gasteiger charge is 2.18. The molecule has 0 aromatic heterocycles. The van der Waals surface area contributed by atoms with Crippen molar-refractivity contribution in [1.29, 1.82) is 0 Å². The Morgan fingerprint density at radius 3 is 2.67 bits per heavy atom. The zero-order valence-electron chi connectivity index (χ0n) is 10.2. The standard InChI is InChI=1S/C14H17NO3/c15-14(11-2-1-5-16-9-11)10-3-4-12-13(8-10)18-7-6-17-12/h3-4,8-9,14H,1-2,5-7,15H2. The van der Waals surface area contributed by atoms with Gasteiger partial charge in [-0.15, -0.1) is 0 Å². The lowest BCUT2D eigenvalue weighted by atomic mass is 9.96. The topological polar surface area (TPSA) is 53.7 Å². The van der Waals surface area contributed by atoms with Crippen molar-refractivity contribution in [3.63, 3.8) is 0 Å². The summed E-state index contributed by atoms with van der Waals surface area (Å²) in [5.41, 5.74) is 8.43. The molecule has 0 bridgehead atoms. The molecule has 2 aliphatic heterocycles. The molecule has 1 aromatic carbocycles. The van der Waals surface area contributed by atoms with Gasteiger partial charge in [0.1, 0.15) is 13.2 Å². The molecule has 0 radical (unpaired) electrons. The molecule has 0 fully saturated rings. The Balaban J connectivity index is 1.85. The minimum Gasteiger partial charge on any atom is -0.501 e. The highest BCUT2D eigenvalue weighted by atomic mass is 16.6. The third kappa shape index (κ3) is 2.16. The van der Waals surface area contributed by atoms with Crippen LogP contribution in [0.15, 0.2) is 30.0 Å². The van der Waals surface area contributed by atoms with Crippen molar-refractivity contribution in [3.8, 4) is 11.5 Å². The summed E-state index contributed by atoms with van der Waals surface area (Å²) >= 11 is 0. The lowest BCUT2D eigenvalue weighted by Crippen LogP contribution is -2.18. The van der Waals surface area contributed by atoms with Gasteiger partial charge in [-0.25, -0.2) is 0 Å². The van der Waals surface area contributed by atoms with Gasteiger partial charge in [0, 0.05) is 0 Å². The average molecular weight is 247 g/mol. The van der Waals surface area contributed by atoms with E-state index in [1.165, 1.54) is 0 Å². The summed E-state index contributed by atoms with van der Waals surface area (Å²) in [6.07, 6.45) is 3.82. The predicted octanol–water partition coefficient (Wildman–Crippen LogP) is 2.15. The first-order valence-corrected chi connectivity index (χ1v) is 6.30. The summed E-state index contributed by atoms with van der Waals surface area (Å²) in [6, 6.07) is 5.76. The maximum atomic E-state index is 6.26. The summed E-state index contributed by atoms with van der Waals surface area (Å²) in [5.74, 6) is 1.58. The molecule has 0 saturated carbocycles. The van der Waals surface area contributed by atoms with Gasteiger partial charge >= 0.3 is 0 Å². The second-order valence-corrected chi connectivity index (χ2v) is 4.55. The minimum atomic E-state index is -0.124. The second kappa shape index (κ2) is 4.90. The molecule has 1 unspecified atom stereocenters. The number of benzene rings is 1. The zero-order chi connectivity index (χ0) is 12.4. The molecule has 2 heterocycles. The predicted molar refractivity (Wildman–Crippen MR) is 67.6 cm³/mol. The van der Waals surface area contributed by atoms with Crippen molar-refractivity contribution in [2.45, 2.75) is 18.9 Å². The van der Waals surface area contributed by atoms with Crippen molar-refractivity contribution in [2.24, 2.45) is 5.73 Å². The molecule has 1 atom stereocenters. The molecule has 4 nitrogen and oxygen atoms in total. The van der Waals surface area contributed by atoms with E-state index in [0.29, 0.717) is 13.2 Å². The molecule has 0 saturated heterocycles. The summed E-state index contributed by atoms with van der Waals surface area (Å²) in [7, 11) is 0. The number of ether oxygens (including phenoxy) is 3. The molecule has 1 aromatic rings. The monoisotopic (exact) mass is 247 g/mol. The Hall–Kier alpha value is -1.68. The van der Waals surface area contributed by atoms with Gasteiger partial charge in [0.05, 0.1) is 18.9 Å².